The van der Waals surface area contributed by atoms with E-state index in [4.69, 9.17) is 4.74 Å². The molecule has 0 radical (unpaired) electrons. The van der Waals surface area contributed by atoms with Gasteiger partial charge in [-0.05, 0) is 25.0 Å². The van der Waals surface area contributed by atoms with Gasteiger partial charge < -0.3 is 9.72 Å². The molecule has 2 atom stereocenters. The summed E-state index contributed by atoms with van der Waals surface area (Å²) >= 11 is 0. The van der Waals surface area contributed by atoms with Crippen LogP contribution in [-0.2, 0) is 11.3 Å². The highest BCUT2D eigenvalue weighted by Gasteiger charge is 2.34. The molecule has 4 rings (SSSR count). The molecule has 0 unspecified atom stereocenters. The summed E-state index contributed by atoms with van der Waals surface area (Å²) in [6, 6.07) is 7.98. The van der Waals surface area contributed by atoms with Crippen LogP contribution >= 0.6 is 0 Å². The molecule has 0 amide bonds. The molecular weight excluding hydrogens is 278 g/mol. The molecule has 2 heterocycles. The number of aromatic amines is 1. The maximum absolute atomic E-state index is 12.2. The van der Waals surface area contributed by atoms with E-state index >= 15 is 0 Å². The second-order valence-corrected chi connectivity index (χ2v) is 6.26. The first-order valence-corrected chi connectivity index (χ1v) is 8.15. The first-order valence-electron chi connectivity index (χ1n) is 8.15. The van der Waals surface area contributed by atoms with Crippen molar-refractivity contribution in [2.75, 3.05) is 13.2 Å². The van der Waals surface area contributed by atoms with Gasteiger partial charge in [-0.2, -0.15) is 0 Å². The lowest BCUT2D eigenvalue weighted by Gasteiger charge is -2.43. The van der Waals surface area contributed by atoms with E-state index in [2.05, 4.69) is 14.9 Å². The largest absolute Gasteiger partial charge is 0.375 e. The number of benzene rings is 1. The summed E-state index contributed by atoms with van der Waals surface area (Å²) in [5.74, 6) is 0.759. The number of H-pyrrole nitrogens is 1. The molecule has 22 heavy (non-hydrogen) atoms. The van der Waals surface area contributed by atoms with Gasteiger partial charge in [0.1, 0.15) is 5.82 Å². The molecule has 1 aliphatic carbocycles. The molecule has 1 N–H and O–H groups in total. The van der Waals surface area contributed by atoms with Gasteiger partial charge in [0, 0.05) is 12.6 Å². The molecule has 2 aromatic rings. The zero-order valence-electron chi connectivity index (χ0n) is 12.6. The van der Waals surface area contributed by atoms with Gasteiger partial charge in [-0.15, -0.1) is 0 Å². The van der Waals surface area contributed by atoms with Crippen molar-refractivity contribution in [3.8, 4) is 0 Å². The predicted molar refractivity (Wildman–Crippen MR) is 84.8 cm³/mol. The van der Waals surface area contributed by atoms with E-state index < -0.39 is 0 Å². The maximum Gasteiger partial charge on any atom is 0.258 e. The zero-order valence-corrected chi connectivity index (χ0v) is 12.6. The van der Waals surface area contributed by atoms with Crippen molar-refractivity contribution < 1.29 is 4.74 Å². The topological polar surface area (TPSA) is 58.2 Å². The summed E-state index contributed by atoms with van der Waals surface area (Å²) in [7, 11) is 0. The van der Waals surface area contributed by atoms with Gasteiger partial charge in [0.05, 0.1) is 30.2 Å². The van der Waals surface area contributed by atoms with Crippen LogP contribution in [0.4, 0.5) is 0 Å². The Kier molecular flexibility index (Phi) is 3.68. The fraction of sp³-hybridized carbons (Fsp3) is 0.529. The normalized spacial score (nSPS) is 26.0. The van der Waals surface area contributed by atoms with Crippen molar-refractivity contribution in [1.29, 1.82) is 0 Å². The van der Waals surface area contributed by atoms with Gasteiger partial charge in [-0.1, -0.05) is 25.0 Å². The lowest BCUT2D eigenvalue weighted by atomic mass is 9.90. The van der Waals surface area contributed by atoms with Crippen LogP contribution in [0.5, 0.6) is 0 Å². The Labute approximate surface area is 129 Å². The van der Waals surface area contributed by atoms with Crippen LogP contribution in [-0.4, -0.2) is 40.2 Å². The number of para-hydroxylation sites is 1. The van der Waals surface area contributed by atoms with E-state index in [9.17, 15) is 4.79 Å². The summed E-state index contributed by atoms with van der Waals surface area (Å²) in [6.45, 7) is 2.39. The minimum atomic E-state index is -0.0472. The molecule has 5 heteroatoms. The van der Waals surface area contributed by atoms with E-state index in [1.54, 1.807) is 0 Å². The van der Waals surface area contributed by atoms with E-state index in [0.717, 1.165) is 30.9 Å². The van der Waals surface area contributed by atoms with Crippen LogP contribution < -0.4 is 5.56 Å². The van der Waals surface area contributed by atoms with Gasteiger partial charge in [0.15, 0.2) is 0 Å². The summed E-state index contributed by atoms with van der Waals surface area (Å²) in [5.41, 5.74) is 0.726. The molecule has 1 aromatic carbocycles. The fourth-order valence-corrected chi connectivity index (χ4v) is 3.77. The Morgan fingerprint density at radius 3 is 3.09 bits per heavy atom. The number of nitrogens with one attached hydrogen (secondary N) is 1. The van der Waals surface area contributed by atoms with Crippen LogP contribution in [0.15, 0.2) is 29.1 Å². The van der Waals surface area contributed by atoms with E-state index in [0.29, 0.717) is 24.1 Å². The number of fused-ring (bicyclic) bond motifs is 2. The lowest BCUT2D eigenvalue weighted by molar-refractivity contribution is -0.0917. The van der Waals surface area contributed by atoms with Crippen LogP contribution in [0.25, 0.3) is 10.9 Å². The second kappa shape index (κ2) is 5.82. The highest BCUT2D eigenvalue weighted by molar-refractivity contribution is 5.77. The minimum Gasteiger partial charge on any atom is -0.375 e. The van der Waals surface area contributed by atoms with E-state index in [-0.39, 0.29) is 5.56 Å². The Balaban J connectivity index is 1.61. The molecule has 1 saturated heterocycles. The lowest BCUT2D eigenvalue weighted by Crippen LogP contribution is -2.52. The highest BCUT2D eigenvalue weighted by Crippen LogP contribution is 2.29. The average Bonchev–Trinajstić information content (AvgIpc) is 2.55. The number of nitrogens with zero attached hydrogens (tertiary/aromatic N) is 2. The molecular formula is C17H21N3O2. The van der Waals surface area contributed by atoms with Crippen molar-refractivity contribution in [3.63, 3.8) is 0 Å². The number of hydrogen-bond acceptors (Lipinski definition) is 4. The monoisotopic (exact) mass is 299 g/mol. The third kappa shape index (κ3) is 2.55. The molecule has 0 spiro atoms. The van der Waals surface area contributed by atoms with E-state index in [1.807, 2.05) is 24.3 Å². The molecule has 2 aliphatic rings. The first-order chi connectivity index (χ1) is 10.8. The smallest absolute Gasteiger partial charge is 0.258 e. The van der Waals surface area contributed by atoms with Crippen molar-refractivity contribution in [3.05, 3.63) is 40.4 Å². The summed E-state index contributed by atoms with van der Waals surface area (Å²) < 4.78 is 5.91. The van der Waals surface area contributed by atoms with Crippen molar-refractivity contribution in [2.45, 2.75) is 44.4 Å². The minimum absolute atomic E-state index is 0.0472. The van der Waals surface area contributed by atoms with Gasteiger partial charge >= 0.3 is 0 Å². The van der Waals surface area contributed by atoms with Gasteiger partial charge in [0.2, 0.25) is 0 Å². The van der Waals surface area contributed by atoms with Gasteiger partial charge in [-0.25, -0.2) is 4.98 Å². The van der Waals surface area contributed by atoms with Crippen LogP contribution in [0.1, 0.15) is 31.5 Å². The second-order valence-electron chi connectivity index (χ2n) is 6.26. The predicted octanol–water partition coefficient (Wildman–Crippen LogP) is 2.07. The number of ether oxygens (including phenoxy) is 1. The van der Waals surface area contributed by atoms with Crippen molar-refractivity contribution in [2.24, 2.45) is 0 Å². The quantitative estimate of drug-likeness (QED) is 0.922. The third-order valence-electron chi connectivity index (χ3n) is 4.86. The number of morpholine rings is 1. The summed E-state index contributed by atoms with van der Waals surface area (Å²) in [5, 5.41) is 0.656. The average molecular weight is 299 g/mol. The SMILES string of the molecule is O=c1[nH]c(CN2CCO[C@@H]3CCCC[C@H]32)nc2ccccc12. The van der Waals surface area contributed by atoms with Crippen LogP contribution in [0.3, 0.4) is 0 Å². The van der Waals surface area contributed by atoms with Crippen LogP contribution in [0, 0.1) is 0 Å². The summed E-state index contributed by atoms with van der Waals surface area (Å²) in [6.07, 6.45) is 5.23. The maximum atomic E-state index is 12.2. The van der Waals surface area contributed by atoms with Crippen molar-refractivity contribution >= 4 is 10.9 Å². The Bertz CT molecular complexity index is 725. The molecule has 0 bridgehead atoms. The molecule has 5 nitrogen and oxygen atoms in total. The Morgan fingerprint density at radius 1 is 1.27 bits per heavy atom. The van der Waals surface area contributed by atoms with Crippen LogP contribution in [0.2, 0.25) is 0 Å². The number of hydrogen-bond donors (Lipinski definition) is 1. The standard InChI is InChI=1S/C17H21N3O2/c21-17-12-5-1-2-6-13(12)18-16(19-17)11-20-9-10-22-15-8-4-3-7-14(15)20/h1-2,5-6,14-15H,3-4,7-11H2,(H,18,19,21)/t14-,15-/m1/s1. The number of rotatable bonds is 2. The molecule has 1 aliphatic heterocycles. The van der Waals surface area contributed by atoms with Gasteiger partial charge in [0.25, 0.3) is 5.56 Å². The molecule has 1 aromatic heterocycles. The first kappa shape index (κ1) is 13.9. The zero-order chi connectivity index (χ0) is 14.9. The Hall–Kier alpha value is -1.72. The third-order valence-corrected chi connectivity index (χ3v) is 4.86. The molecule has 2 fully saturated rings. The molecule has 1 saturated carbocycles. The highest BCUT2D eigenvalue weighted by atomic mass is 16.5. The van der Waals surface area contributed by atoms with Gasteiger partial charge in [-0.3, -0.25) is 9.69 Å². The Morgan fingerprint density at radius 2 is 2.14 bits per heavy atom. The molecule has 116 valence electrons. The summed E-state index contributed by atoms with van der Waals surface area (Å²) in [4.78, 5) is 22.2. The van der Waals surface area contributed by atoms with E-state index in [1.165, 1.54) is 19.3 Å². The number of aromatic nitrogens is 2. The fourth-order valence-electron chi connectivity index (χ4n) is 3.77. The van der Waals surface area contributed by atoms with Crippen molar-refractivity contribution in [1.82, 2.24) is 14.9 Å².